The number of alkyl halides is 3. The smallest absolute Gasteiger partial charge is 0.422 e. The largest absolute Gasteiger partial charge is 0.468 e. The quantitative estimate of drug-likeness (QED) is 0.857. The Hall–Kier alpha value is -1.87. The number of amides is 1. The van der Waals surface area contributed by atoms with Crippen molar-refractivity contribution in [1.82, 2.24) is 4.98 Å². The predicted molar refractivity (Wildman–Crippen MR) is 75.9 cm³/mol. The molecule has 1 aliphatic rings. The summed E-state index contributed by atoms with van der Waals surface area (Å²) in [6.45, 7) is -0.253. The van der Waals surface area contributed by atoms with E-state index < -0.39 is 18.8 Å². The van der Waals surface area contributed by atoms with E-state index in [4.69, 9.17) is 10.5 Å². The second-order valence-corrected chi connectivity index (χ2v) is 5.25. The molecular weight excluding hydrogens is 315 g/mol. The first-order valence-electron chi connectivity index (χ1n) is 7.15. The monoisotopic (exact) mass is 333 g/mol. The molecule has 1 atom stereocenters. The van der Waals surface area contributed by atoms with E-state index in [2.05, 4.69) is 15.0 Å². The Balaban J connectivity index is 1.86. The zero-order valence-corrected chi connectivity index (χ0v) is 12.3. The molecule has 6 nitrogen and oxygen atoms in total. The van der Waals surface area contributed by atoms with Gasteiger partial charge >= 0.3 is 6.18 Å². The molecule has 0 aliphatic carbocycles. The van der Waals surface area contributed by atoms with E-state index >= 15 is 0 Å². The highest BCUT2D eigenvalue weighted by Gasteiger charge is 2.29. The van der Waals surface area contributed by atoms with Crippen LogP contribution in [0.3, 0.4) is 0 Å². The van der Waals surface area contributed by atoms with Gasteiger partial charge in [0.1, 0.15) is 0 Å². The fraction of sp³-hybridized carbons (Fsp3) is 0.571. The number of rotatable bonds is 5. The molecule has 3 N–H and O–H groups in total. The van der Waals surface area contributed by atoms with Crippen LogP contribution in [0.25, 0.3) is 0 Å². The van der Waals surface area contributed by atoms with Crippen molar-refractivity contribution < 1.29 is 27.4 Å². The van der Waals surface area contributed by atoms with E-state index in [9.17, 15) is 18.0 Å². The van der Waals surface area contributed by atoms with Crippen molar-refractivity contribution in [3.8, 4) is 5.88 Å². The molecule has 9 heteroatoms. The highest BCUT2D eigenvalue weighted by molar-refractivity contribution is 5.94. The van der Waals surface area contributed by atoms with E-state index in [0.717, 1.165) is 12.8 Å². The molecular formula is C14H18F3N3O3. The molecule has 2 rings (SSSR count). The summed E-state index contributed by atoms with van der Waals surface area (Å²) < 4.78 is 45.8. The molecule has 23 heavy (non-hydrogen) atoms. The molecule has 1 unspecified atom stereocenters. The van der Waals surface area contributed by atoms with Crippen LogP contribution in [-0.2, 0) is 9.53 Å². The Morgan fingerprint density at radius 2 is 2.13 bits per heavy atom. The van der Waals surface area contributed by atoms with Crippen LogP contribution in [0, 0.1) is 5.92 Å². The highest BCUT2D eigenvalue weighted by atomic mass is 19.4. The van der Waals surface area contributed by atoms with Crippen LogP contribution < -0.4 is 15.8 Å². The van der Waals surface area contributed by atoms with Gasteiger partial charge in [-0.1, -0.05) is 0 Å². The number of carbonyl (C=O) groups excluding carboxylic acids is 1. The van der Waals surface area contributed by atoms with E-state index in [1.807, 2.05) is 0 Å². The molecule has 1 aromatic heterocycles. The number of nitrogens with zero attached hydrogens (tertiary/aromatic N) is 1. The molecule has 1 saturated heterocycles. The van der Waals surface area contributed by atoms with Gasteiger partial charge in [-0.2, -0.15) is 13.2 Å². The summed E-state index contributed by atoms with van der Waals surface area (Å²) in [5, 5.41) is 2.59. The predicted octanol–water partition coefficient (Wildman–Crippen LogP) is 1.72. The molecule has 0 aromatic carbocycles. The third kappa shape index (κ3) is 5.68. The minimum atomic E-state index is -4.43. The fourth-order valence-corrected chi connectivity index (χ4v) is 2.21. The molecule has 0 spiro atoms. The van der Waals surface area contributed by atoms with Gasteiger partial charge in [-0.05, 0) is 24.8 Å². The lowest BCUT2D eigenvalue weighted by molar-refractivity contribution is -0.154. The van der Waals surface area contributed by atoms with Crippen LogP contribution in [0.2, 0.25) is 0 Å². The van der Waals surface area contributed by atoms with Crippen LogP contribution in [0.1, 0.15) is 12.8 Å². The first kappa shape index (κ1) is 17.5. The van der Waals surface area contributed by atoms with Crippen molar-refractivity contribution in [2.24, 2.45) is 11.7 Å². The standard InChI is InChI=1S/C14H18F3N3O3/c15-14(16,17)8-23-11-2-1-10(7-19-11)20-13(21)12(18)9-3-5-22-6-4-9/h1-2,7,9,12H,3-6,8,18H2,(H,20,21). The summed E-state index contributed by atoms with van der Waals surface area (Å²) in [5.41, 5.74) is 6.27. The molecule has 1 amide bonds. The van der Waals surface area contributed by atoms with Crippen molar-refractivity contribution in [2.75, 3.05) is 25.1 Å². The van der Waals surface area contributed by atoms with Gasteiger partial charge in [-0.3, -0.25) is 4.79 Å². The van der Waals surface area contributed by atoms with Crippen LogP contribution >= 0.6 is 0 Å². The Morgan fingerprint density at radius 3 is 2.70 bits per heavy atom. The van der Waals surface area contributed by atoms with Gasteiger partial charge in [0.05, 0.1) is 17.9 Å². The molecule has 0 radical (unpaired) electrons. The highest BCUT2D eigenvalue weighted by Crippen LogP contribution is 2.20. The van der Waals surface area contributed by atoms with E-state index in [1.54, 1.807) is 0 Å². The number of carbonyl (C=O) groups is 1. The summed E-state index contributed by atoms with van der Waals surface area (Å²) in [5.74, 6) is -0.484. The first-order valence-corrected chi connectivity index (χ1v) is 7.15. The van der Waals surface area contributed by atoms with Crippen molar-refractivity contribution >= 4 is 11.6 Å². The summed E-state index contributed by atoms with van der Waals surface area (Å²) in [7, 11) is 0. The lowest BCUT2D eigenvalue weighted by Gasteiger charge is -2.26. The fourth-order valence-electron chi connectivity index (χ4n) is 2.21. The maximum Gasteiger partial charge on any atom is 0.422 e. The van der Waals surface area contributed by atoms with Gasteiger partial charge in [0.15, 0.2) is 6.61 Å². The number of nitrogens with one attached hydrogen (secondary N) is 1. The van der Waals surface area contributed by atoms with Crippen LogP contribution in [0.5, 0.6) is 5.88 Å². The number of ether oxygens (including phenoxy) is 2. The number of pyridine rings is 1. The van der Waals surface area contributed by atoms with E-state index in [0.29, 0.717) is 18.9 Å². The van der Waals surface area contributed by atoms with Crippen molar-refractivity contribution in [3.05, 3.63) is 18.3 Å². The molecule has 1 aromatic rings. The second kappa shape index (κ2) is 7.60. The van der Waals surface area contributed by atoms with Crippen molar-refractivity contribution in [3.63, 3.8) is 0 Å². The maximum absolute atomic E-state index is 12.1. The average Bonchev–Trinajstić information content (AvgIpc) is 2.53. The number of aromatic nitrogens is 1. The van der Waals surface area contributed by atoms with Crippen LogP contribution in [0.15, 0.2) is 18.3 Å². The Kier molecular flexibility index (Phi) is 5.78. The Bertz CT molecular complexity index is 516. The lowest BCUT2D eigenvalue weighted by Crippen LogP contribution is -2.44. The molecule has 0 saturated carbocycles. The first-order chi connectivity index (χ1) is 10.8. The maximum atomic E-state index is 12.1. The zero-order chi connectivity index (χ0) is 16.9. The summed E-state index contributed by atoms with van der Waals surface area (Å²) >= 11 is 0. The third-order valence-corrected chi connectivity index (χ3v) is 3.46. The second-order valence-electron chi connectivity index (χ2n) is 5.25. The summed E-state index contributed by atoms with van der Waals surface area (Å²) in [4.78, 5) is 15.8. The number of hydrogen-bond acceptors (Lipinski definition) is 5. The Morgan fingerprint density at radius 1 is 1.43 bits per heavy atom. The number of halogens is 3. The zero-order valence-electron chi connectivity index (χ0n) is 12.3. The summed E-state index contributed by atoms with van der Waals surface area (Å²) in [6, 6.07) is 1.99. The molecule has 1 fully saturated rings. The molecule has 1 aliphatic heterocycles. The topological polar surface area (TPSA) is 86.5 Å². The third-order valence-electron chi connectivity index (χ3n) is 3.46. The van der Waals surface area contributed by atoms with Crippen molar-refractivity contribution in [2.45, 2.75) is 25.1 Å². The van der Waals surface area contributed by atoms with E-state index in [1.165, 1.54) is 18.3 Å². The number of anilines is 1. The molecule has 0 bridgehead atoms. The minimum Gasteiger partial charge on any atom is -0.468 e. The summed E-state index contributed by atoms with van der Waals surface area (Å²) in [6.07, 6.45) is -1.76. The van der Waals surface area contributed by atoms with Gasteiger partial charge in [0.25, 0.3) is 0 Å². The average molecular weight is 333 g/mol. The van der Waals surface area contributed by atoms with Crippen LogP contribution in [0.4, 0.5) is 18.9 Å². The van der Waals surface area contributed by atoms with Gasteiger partial charge in [0.2, 0.25) is 11.8 Å². The Labute approximate surface area is 131 Å². The van der Waals surface area contributed by atoms with E-state index in [-0.39, 0.29) is 17.7 Å². The van der Waals surface area contributed by atoms with Gasteiger partial charge < -0.3 is 20.5 Å². The lowest BCUT2D eigenvalue weighted by atomic mass is 9.92. The van der Waals surface area contributed by atoms with Crippen molar-refractivity contribution in [1.29, 1.82) is 0 Å². The molecule has 128 valence electrons. The van der Waals surface area contributed by atoms with Gasteiger partial charge in [-0.25, -0.2) is 4.98 Å². The normalized spacial score (nSPS) is 17.6. The number of nitrogens with two attached hydrogens (primary N) is 1. The number of hydrogen-bond donors (Lipinski definition) is 2. The van der Waals surface area contributed by atoms with Gasteiger partial charge in [-0.15, -0.1) is 0 Å². The van der Waals surface area contributed by atoms with Gasteiger partial charge in [0, 0.05) is 19.3 Å². The molecule has 2 heterocycles. The van der Waals surface area contributed by atoms with Crippen LogP contribution in [-0.4, -0.2) is 42.9 Å². The SMILES string of the molecule is NC(C(=O)Nc1ccc(OCC(F)(F)F)nc1)C1CCOCC1. The minimum absolute atomic E-state index is 0.0473.